The number of ether oxygens (including phenoxy) is 1. The molecular weight excluding hydrogens is 216 g/mol. The number of nitrogens with zero attached hydrogens (tertiary/aromatic N) is 1. The van der Waals surface area contributed by atoms with Gasteiger partial charge >= 0.3 is 0 Å². The van der Waals surface area contributed by atoms with E-state index in [0.717, 1.165) is 16.5 Å². The zero-order valence-electron chi connectivity index (χ0n) is 9.22. The molecule has 1 saturated heterocycles. The average molecular weight is 228 g/mol. The second-order valence-electron chi connectivity index (χ2n) is 4.43. The largest absolute Gasteiger partial charge is 0.464 e. The maximum absolute atomic E-state index is 9.24. The first-order valence-corrected chi connectivity index (χ1v) is 5.47. The summed E-state index contributed by atoms with van der Waals surface area (Å²) in [6.45, 7) is 0.786. The van der Waals surface area contributed by atoms with Crippen molar-refractivity contribution in [2.24, 2.45) is 11.1 Å². The molecule has 1 fully saturated rings. The highest BCUT2D eigenvalue weighted by Crippen LogP contribution is 2.41. The van der Waals surface area contributed by atoms with Crippen molar-refractivity contribution < 1.29 is 9.15 Å². The van der Waals surface area contributed by atoms with E-state index in [1.807, 2.05) is 24.3 Å². The van der Waals surface area contributed by atoms with Crippen molar-refractivity contribution in [3.05, 3.63) is 36.1 Å². The molecular formula is C13H12N2O2. The highest BCUT2D eigenvalue weighted by atomic mass is 16.5. The summed E-state index contributed by atoms with van der Waals surface area (Å²) in [5, 5.41) is 10.2. The third-order valence-electron chi connectivity index (χ3n) is 3.38. The molecule has 2 heterocycles. The molecule has 1 atom stereocenters. The Bertz CT molecular complexity index is 593. The predicted molar refractivity (Wildman–Crippen MR) is 62.0 cm³/mol. The van der Waals surface area contributed by atoms with Crippen LogP contribution >= 0.6 is 0 Å². The normalized spacial score (nSPS) is 19.5. The van der Waals surface area contributed by atoms with Crippen molar-refractivity contribution in [1.82, 2.24) is 0 Å². The average Bonchev–Trinajstić information content (AvgIpc) is 2.71. The Morgan fingerprint density at radius 3 is 2.76 bits per heavy atom. The number of furan rings is 1. The summed E-state index contributed by atoms with van der Waals surface area (Å²) in [6.07, 6.45) is 1.65. The first-order chi connectivity index (χ1) is 8.27. The molecule has 1 aromatic heterocycles. The van der Waals surface area contributed by atoms with Gasteiger partial charge in [-0.25, -0.2) is 0 Å². The van der Waals surface area contributed by atoms with Crippen molar-refractivity contribution in [1.29, 1.82) is 5.26 Å². The first kappa shape index (κ1) is 10.3. The van der Waals surface area contributed by atoms with E-state index in [2.05, 4.69) is 6.07 Å². The number of hydrogen-bond donors (Lipinski definition) is 1. The van der Waals surface area contributed by atoms with E-state index in [4.69, 9.17) is 14.9 Å². The van der Waals surface area contributed by atoms with E-state index in [1.54, 1.807) is 6.26 Å². The Morgan fingerprint density at radius 1 is 1.35 bits per heavy atom. The lowest BCUT2D eigenvalue weighted by molar-refractivity contribution is -0.0909. The Kier molecular flexibility index (Phi) is 2.18. The molecule has 1 aromatic carbocycles. The van der Waals surface area contributed by atoms with Gasteiger partial charge in [0.2, 0.25) is 0 Å². The molecule has 0 radical (unpaired) electrons. The fourth-order valence-electron chi connectivity index (χ4n) is 2.17. The van der Waals surface area contributed by atoms with Crippen LogP contribution in [0.25, 0.3) is 11.0 Å². The van der Waals surface area contributed by atoms with Crippen LogP contribution in [-0.4, -0.2) is 13.2 Å². The fourth-order valence-corrected chi connectivity index (χ4v) is 2.17. The molecule has 4 heteroatoms. The minimum Gasteiger partial charge on any atom is -0.464 e. The monoisotopic (exact) mass is 228 g/mol. The molecule has 2 N–H and O–H groups in total. The second kappa shape index (κ2) is 3.59. The van der Waals surface area contributed by atoms with Gasteiger partial charge in [0.1, 0.15) is 11.0 Å². The molecule has 17 heavy (non-hydrogen) atoms. The standard InChI is InChI=1S/C13H12N2O2/c14-6-13(7-16-8-13)12(15)10-5-17-11-4-2-1-3-9(10)11/h1-5,12H,7-8,15H2. The molecule has 1 aliphatic heterocycles. The number of fused-ring (bicyclic) bond motifs is 1. The molecule has 0 aliphatic carbocycles. The Hall–Kier alpha value is -1.83. The number of para-hydroxylation sites is 1. The van der Waals surface area contributed by atoms with E-state index in [9.17, 15) is 5.26 Å². The molecule has 1 unspecified atom stereocenters. The summed E-state index contributed by atoms with van der Waals surface area (Å²) in [4.78, 5) is 0. The number of nitriles is 1. The van der Waals surface area contributed by atoms with Crippen LogP contribution in [0.4, 0.5) is 0 Å². The van der Waals surface area contributed by atoms with Gasteiger partial charge in [0, 0.05) is 10.9 Å². The van der Waals surface area contributed by atoms with Gasteiger partial charge in [-0.2, -0.15) is 5.26 Å². The fraction of sp³-hybridized carbons (Fsp3) is 0.308. The highest BCUT2D eigenvalue weighted by molar-refractivity contribution is 5.81. The summed E-state index contributed by atoms with van der Waals surface area (Å²) in [6, 6.07) is 9.60. The summed E-state index contributed by atoms with van der Waals surface area (Å²) in [5.41, 5.74) is 7.27. The van der Waals surface area contributed by atoms with Gasteiger partial charge in [0.05, 0.1) is 31.6 Å². The molecule has 0 saturated carbocycles. The molecule has 0 spiro atoms. The van der Waals surface area contributed by atoms with Crippen LogP contribution in [0.1, 0.15) is 11.6 Å². The number of rotatable bonds is 2. The van der Waals surface area contributed by atoms with Gasteiger partial charge in [-0.15, -0.1) is 0 Å². The summed E-state index contributed by atoms with van der Waals surface area (Å²) < 4.78 is 10.6. The molecule has 3 rings (SSSR count). The molecule has 2 aromatic rings. The van der Waals surface area contributed by atoms with E-state index in [0.29, 0.717) is 13.2 Å². The lowest BCUT2D eigenvalue weighted by atomic mass is 9.77. The molecule has 4 nitrogen and oxygen atoms in total. The van der Waals surface area contributed by atoms with Gasteiger partial charge in [0.15, 0.2) is 0 Å². The highest BCUT2D eigenvalue weighted by Gasteiger charge is 2.46. The lowest BCUT2D eigenvalue weighted by Crippen LogP contribution is -2.49. The van der Waals surface area contributed by atoms with Crippen molar-refractivity contribution >= 4 is 11.0 Å². The third kappa shape index (κ3) is 1.37. The Balaban J connectivity index is 2.07. The SMILES string of the molecule is N#CC1(C(N)c2coc3ccccc23)COC1. The quantitative estimate of drug-likeness (QED) is 0.852. The van der Waals surface area contributed by atoms with Crippen LogP contribution < -0.4 is 5.73 Å². The van der Waals surface area contributed by atoms with Gasteiger partial charge in [-0.1, -0.05) is 18.2 Å². The van der Waals surface area contributed by atoms with Crippen LogP contribution in [-0.2, 0) is 4.74 Å². The summed E-state index contributed by atoms with van der Waals surface area (Å²) in [5.74, 6) is 0. The third-order valence-corrected chi connectivity index (χ3v) is 3.38. The van der Waals surface area contributed by atoms with Gasteiger partial charge in [-0.3, -0.25) is 0 Å². The zero-order valence-corrected chi connectivity index (χ0v) is 9.22. The lowest BCUT2D eigenvalue weighted by Gasteiger charge is -2.39. The van der Waals surface area contributed by atoms with E-state index < -0.39 is 5.41 Å². The van der Waals surface area contributed by atoms with Crippen LogP contribution in [0.3, 0.4) is 0 Å². The minimum atomic E-state index is -0.605. The Morgan fingerprint density at radius 2 is 2.12 bits per heavy atom. The van der Waals surface area contributed by atoms with Crippen LogP contribution in [0.5, 0.6) is 0 Å². The van der Waals surface area contributed by atoms with Crippen molar-refractivity contribution in [2.75, 3.05) is 13.2 Å². The number of benzene rings is 1. The smallest absolute Gasteiger partial charge is 0.134 e. The first-order valence-electron chi connectivity index (χ1n) is 5.47. The van der Waals surface area contributed by atoms with E-state index in [1.165, 1.54) is 0 Å². The van der Waals surface area contributed by atoms with E-state index in [-0.39, 0.29) is 6.04 Å². The van der Waals surface area contributed by atoms with Gasteiger partial charge in [0.25, 0.3) is 0 Å². The molecule has 1 aliphatic rings. The van der Waals surface area contributed by atoms with E-state index >= 15 is 0 Å². The number of nitrogens with two attached hydrogens (primary N) is 1. The zero-order chi connectivity index (χ0) is 11.9. The maximum Gasteiger partial charge on any atom is 0.134 e. The summed E-state index contributed by atoms with van der Waals surface area (Å²) in [7, 11) is 0. The molecule has 0 bridgehead atoms. The van der Waals surface area contributed by atoms with Crippen LogP contribution in [0, 0.1) is 16.7 Å². The van der Waals surface area contributed by atoms with Crippen molar-refractivity contribution in [2.45, 2.75) is 6.04 Å². The number of hydrogen-bond acceptors (Lipinski definition) is 4. The topological polar surface area (TPSA) is 72.2 Å². The predicted octanol–water partition coefficient (Wildman–Crippen LogP) is 1.97. The minimum absolute atomic E-state index is 0.370. The Labute approximate surface area is 98.6 Å². The second-order valence-corrected chi connectivity index (χ2v) is 4.43. The van der Waals surface area contributed by atoms with Crippen LogP contribution in [0.2, 0.25) is 0 Å². The van der Waals surface area contributed by atoms with Crippen molar-refractivity contribution in [3.8, 4) is 6.07 Å². The van der Waals surface area contributed by atoms with Gasteiger partial charge in [-0.05, 0) is 6.07 Å². The van der Waals surface area contributed by atoms with Crippen LogP contribution in [0.15, 0.2) is 34.9 Å². The molecule has 86 valence electrons. The summed E-state index contributed by atoms with van der Waals surface area (Å²) >= 11 is 0. The van der Waals surface area contributed by atoms with Gasteiger partial charge < -0.3 is 14.9 Å². The maximum atomic E-state index is 9.24. The molecule has 0 amide bonds. The van der Waals surface area contributed by atoms with Crippen molar-refractivity contribution in [3.63, 3.8) is 0 Å².